The SMILES string of the molecule is CCCCCCn1ccc(-c2cc(CC(=O)O)ccc2F)n1. The Hall–Kier alpha value is -2.17. The molecular weight excluding hydrogens is 283 g/mol. The van der Waals surface area contributed by atoms with Crippen molar-refractivity contribution >= 4 is 5.97 Å². The summed E-state index contributed by atoms with van der Waals surface area (Å²) in [6.07, 6.45) is 6.33. The van der Waals surface area contributed by atoms with Gasteiger partial charge in [0.1, 0.15) is 5.82 Å². The zero-order valence-corrected chi connectivity index (χ0v) is 12.8. The number of hydrogen-bond acceptors (Lipinski definition) is 2. The summed E-state index contributed by atoms with van der Waals surface area (Å²) in [5, 5.41) is 13.2. The summed E-state index contributed by atoms with van der Waals surface area (Å²) < 4.78 is 15.8. The first-order valence-corrected chi connectivity index (χ1v) is 7.64. The molecule has 0 radical (unpaired) electrons. The van der Waals surface area contributed by atoms with Crippen molar-refractivity contribution in [2.75, 3.05) is 0 Å². The van der Waals surface area contributed by atoms with Crippen molar-refractivity contribution < 1.29 is 14.3 Å². The van der Waals surface area contributed by atoms with Gasteiger partial charge in [-0.25, -0.2) is 4.39 Å². The van der Waals surface area contributed by atoms with Gasteiger partial charge in [-0.15, -0.1) is 0 Å². The van der Waals surface area contributed by atoms with Crippen LogP contribution in [-0.4, -0.2) is 20.9 Å². The predicted octanol–water partition coefficient (Wildman–Crippen LogP) is 3.90. The number of unbranched alkanes of at least 4 members (excludes halogenated alkanes) is 3. The molecule has 1 aromatic heterocycles. The van der Waals surface area contributed by atoms with E-state index in [2.05, 4.69) is 12.0 Å². The largest absolute Gasteiger partial charge is 0.481 e. The van der Waals surface area contributed by atoms with E-state index in [1.807, 2.05) is 10.9 Å². The molecule has 0 spiro atoms. The monoisotopic (exact) mass is 304 g/mol. The van der Waals surface area contributed by atoms with E-state index < -0.39 is 5.97 Å². The van der Waals surface area contributed by atoms with Gasteiger partial charge < -0.3 is 5.11 Å². The van der Waals surface area contributed by atoms with Crippen LogP contribution in [0.15, 0.2) is 30.5 Å². The molecule has 0 saturated carbocycles. The lowest BCUT2D eigenvalue weighted by molar-refractivity contribution is -0.136. The molecule has 0 atom stereocenters. The van der Waals surface area contributed by atoms with Gasteiger partial charge >= 0.3 is 5.97 Å². The molecule has 22 heavy (non-hydrogen) atoms. The second-order valence-corrected chi connectivity index (χ2v) is 5.41. The van der Waals surface area contributed by atoms with Crippen LogP contribution in [0.3, 0.4) is 0 Å². The zero-order valence-electron chi connectivity index (χ0n) is 12.8. The lowest BCUT2D eigenvalue weighted by Gasteiger charge is -2.04. The fourth-order valence-electron chi connectivity index (χ4n) is 2.38. The number of carboxylic acids is 1. The average Bonchev–Trinajstić information content (AvgIpc) is 2.94. The van der Waals surface area contributed by atoms with Gasteiger partial charge in [0.25, 0.3) is 0 Å². The van der Waals surface area contributed by atoms with E-state index in [9.17, 15) is 9.18 Å². The molecule has 2 rings (SSSR count). The van der Waals surface area contributed by atoms with E-state index in [1.165, 1.54) is 25.0 Å². The van der Waals surface area contributed by atoms with Crippen LogP contribution in [0.5, 0.6) is 0 Å². The quantitative estimate of drug-likeness (QED) is 0.753. The molecule has 0 bridgehead atoms. The molecule has 1 heterocycles. The normalized spacial score (nSPS) is 10.8. The minimum atomic E-state index is -0.931. The standard InChI is InChI=1S/C17H21FN2O2/c1-2-3-4-5-9-20-10-8-16(19-20)14-11-13(12-17(21)22)6-7-15(14)18/h6-8,10-11H,2-5,9,12H2,1H3,(H,21,22). The highest BCUT2D eigenvalue weighted by atomic mass is 19.1. The number of rotatable bonds is 8. The molecule has 4 nitrogen and oxygen atoms in total. The first kappa shape index (κ1) is 16.2. The van der Waals surface area contributed by atoms with Crippen LogP contribution >= 0.6 is 0 Å². The maximum absolute atomic E-state index is 14.0. The van der Waals surface area contributed by atoms with Crippen molar-refractivity contribution in [3.8, 4) is 11.3 Å². The number of carbonyl (C=O) groups is 1. The molecule has 0 fully saturated rings. The summed E-state index contributed by atoms with van der Waals surface area (Å²) >= 11 is 0. The summed E-state index contributed by atoms with van der Waals surface area (Å²) in [5.41, 5.74) is 1.47. The molecule has 0 unspecified atom stereocenters. The fraction of sp³-hybridized carbons (Fsp3) is 0.412. The second-order valence-electron chi connectivity index (χ2n) is 5.41. The van der Waals surface area contributed by atoms with Crippen LogP contribution in [0, 0.1) is 5.82 Å². The third-order valence-corrected chi connectivity index (χ3v) is 3.54. The highest BCUT2D eigenvalue weighted by Crippen LogP contribution is 2.23. The zero-order chi connectivity index (χ0) is 15.9. The lowest BCUT2D eigenvalue weighted by atomic mass is 10.1. The van der Waals surface area contributed by atoms with Crippen LogP contribution in [0.1, 0.15) is 38.2 Å². The second kappa shape index (κ2) is 7.73. The van der Waals surface area contributed by atoms with Gasteiger partial charge in [0.05, 0.1) is 12.1 Å². The van der Waals surface area contributed by atoms with E-state index in [-0.39, 0.29) is 12.2 Å². The summed E-state index contributed by atoms with van der Waals surface area (Å²) in [7, 11) is 0. The first-order valence-electron chi connectivity index (χ1n) is 7.64. The van der Waals surface area contributed by atoms with Crippen molar-refractivity contribution in [2.45, 2.75) is 45.6 Å². The minimum absolute atomic E-state index is 0.120. The van der Waals surface area contributed by atoms with Crippen molar-refractivity contribution in [1.82, 2.24) is 9.78 Å². The molecule has 2 aromatic rings. The Bertz CT molecular complexity index is 637. The van der Waals surface area contributed by atoms with Crippen LogP contribution in [-0.2, 0) is 17.8 Å². The molecule has 0 aliphatic rings. The first-order chi connectivity index (χ1) is 10.6. The van der Waals surface area contributed by atoms with E-state index in [1.54, 1.807) is 12.1 Å². The summed E-state index contributed by atoms with van der Waals surface area (Å²) in [5.74, 6) is -1.32. The molecular formula is C17H21FN2O2. The third-order valence-electron chi connectivity index (χ3n) is 3.54. The topological polar surface area (TPSA) is 55.1 Å². The van der Waals surface area contributed by atoms with Gasteiger partial charge in [0.2, 0.25) is 0 Å². The number of hydrogen-bond donors (Lipinski definition) is 1. The number of aryl methyl sites for hydroxylation is 1. The van der Waals surface area contributed by atoms with E-state index in [0.717, 1.165) is 19.4 Å². The van der Waals surface area contributed by atoms with Crippen LogP contribution in [0.2, 0.25) is 0 Å². The Morgan fingerprint density at radius 2 is 2.09 bits per heavy atom. The number of aliphatic carboxylic acids is 1. The van der Waals surface area contributed by atoms with Gasteiger partial charge in [0.15, 0.2) is 0 Å². The Labute approximate surface area is 129 Å². The minimum Gasteiger partial charge on any atom is -0.481 e. The van der Waals surface area contributed by atoms with Crippen molar-refractivity contribution in [2.24, 2.45) is 0 Å². The molecule has 118 valence electrons. The van der Waals surface area contributed by atoms with E-state index >= 15 is 0 Å². The smallest absolute Gasteiger partial charge is 0.307 e. The summed E-state index contributed by atoms with van der Waals surface area (Å²) in [6, 6.07) is 6.12. The Kier molecular flexibility index (Phi) is 5.69. The van der Waals surface area contributed by atoms with Crippen molar-refractivity contribution in [3.05, 3.63) is 41.8 Å². The maximum atomic E-state index is 14.0. The summed E-state index contributed by atoms with van der Waals surface area (Å²) in [4.78, 5) is 10.8. The molecule has 0 aliphatic heterocycles. The number of aromatic nitrogens is 2. The van der Waals surface area contributed by atoms with Crippen molar-refractivity contribution in [3.63, 3.8) is 0 Å². The van der Waals surface area contributed by atoms with Crippen LogP contribution < -0.4 is 0 Å². The molecule has 5 heteroatoms. The number of carboxylic acid groups (broad SMARTS) is 1. The average molecular weight is 304 g/mol. The van der Waals surface area contributed by atoms with Crippen LogP contribution in [0.4, 0.5) is 4.39 Å². The number of halogens is 1. The molecule has 1 N–H and O–H groups in total. The molecule has 0 saturated heterocycles. The van der Waals surface area contributed by atoms with Gasteiger partial charge in [-0.2, -0.15) is 5.10 Å². The van der Waals surface area contributed by atoms with E-state index in [0.29, 0.717) is 16.8 Å². The molecule has 0 aliphatic carbocycles. The number of nitrogens with zero attached hydrogens (tertiary/aromatic N) is 2. The molecule has 0 amide bonds. The maximum Gasteiger partial charge on any atom is 0.307 e. The Morgan fingerprint density at radius 3 is 2.82 bits per heavy atom. The molecule has 1 aromatic carbocycles. The van der Waals surface area contributed by atoms with Gasteiger partial charge in [-0.3, -0.25) is 9.48 Å². The lowest BCUT2D eigenvalue weighted by Crippen LogP contribution is -2.01. The van der Waals surface area contributed by atoms with Gasteiger partial charge in [0, 0.05) is 18.3 Å². The Morgan fingerprint density at radius 1 is 1.27 bits per heavy atom. The fourth-order valence-corrected chi connectivity index (χ4v) is 2.38. The highest BCUT2D eigenvalue weighted by Gasteiger charge is 2.11. The van der Waals surface area contributed by atoms with E-state index in [4.69, 9.17) is 5.11 Å². The van der Waals surface area contributed by atoms with Crippen molar-refractivity contribution in [1.29, 1.82) is 0 Å². The van der Waals surface area contributed by atoms with Crippen LogP contribution in [0.25, 0.3) is 11.3 Å². The van der Waals surface area contributed by atoms with Gasteiger partial charge in [-0.1, -0.05) is 32.3 Å². The number of benzene rings is 1. The third kappa shape index (κ3) is 4.41. The summed E-state index contributed by atoms with van der Waals surface area (Å²) in [6.45, 7) is 2.98. The predicted molar refractivity (Wildman–Crippen MR) is 83.1 cm³/mol. The Balaban J connectivity index is 2.10. The van der Waals surface area contributed by atoms with Gasteiger partial charge in [-0.05, 0) is 30.2 Å². The highest BCUT2D eigenvalue weighted by molar-refractivity contribution is 5.71.